The quantitative estimate of drug-likeness (QED) is 0.646. The monoisotopic (exact) mass is 200 g/mol. The van der Waals surface area contributed by atoms with Crippen molar-refractivity contribution in [3.05, 3.63) is 15.9 Å². The van der Waals surface area contributed by atoms with Crippen molar-refractivity contribution in [2.45, 2.75) is 6.42 Å². The molecule has 1 aromatic rings. The Morgan fingerprint density at radius 2 is 2.46 bits per heavy atom. The number of aromatic nitrogens is 1. The lowest BCUT2D eigenvalue weighted by molar-refractivity contribution is -0.139. The van der Waals surface area contributed by atoms with Crippen molar-refractivity contribution in [1.82, 2.24) is 4.57 Å². The molecule has 72 valence electrons. The number of methoxy groups -OCH3 is 1. The van der Waals surface area contributed by atoms with Crippen molar-refractivity contribution in [2.24, 2.45) is 12.0 Å². The Balaban J connectivity index is 2.91. The average Bonchev–Trinajstić information content (AvgIpc) is 2.48. The zero-order valence-electron chi connectivity index (χ0n) is 7.90. The lowest BCUT2D eigenvalue weighted by Gasteiger charge is -2.00. The fourth-order valence-corrected chi connectivity index (χ4v) is 1.85. The fourth-order valence-electron chi connectivity index (χ4n) is 0.985. The van der Waals surface area contributed by atoms with Crippen molar-refractivity contribution in [3.63, 3.8) is 0 Å². The van der Waals surface area contributed by atoms with E-state index in [0.717, 1.165) is 10.5 Å². The molecule has 0 saturated carbocycles. The lowest BCUT2D eigenvalue weighted by atomic mass is 10.3. The summed E-state index contributed by atoms with van der Waals surface area (Å²) < 4.78 is 6.46. The van der Waals surface area contributed by atoms with Gasteiger partial charge >= 0.3 is 5.97 Å². The van der Waals surface area contributed by atoms with Crippen LogP contribution in [0.4, 0.5) is 0 Å². The minimum Gasteiger partial charge on any atom is -0.469 e. The van der Waals surface area contributed by atoms with Crippen LogP contribution < -0.4 is 4.80 Å². The van der Waals surface area contributed by atoms with Crippen LogP contribution in [0.2, 0.25) is 0 Å². The van der Waals surface area contributed by atoms with E-state index in [4.69, 9.17) is 0 Å². The van der Waals surface area contributed by atoms with Crippen LogP contribution >= 0.6 is 11.3 Å². The molecule has 0 radical (unpaired) electrons. The van der Waals surface area contributed by atoms with E-state index in [2.05, 4.69) is 9.73 Å². The van der Waals surface area contributed by atoms with Gasteiger partial charge in [0.2, 0.25) is 0 Å². The molecule has 0 aliphatic carbocycles. The van der Waals surface area contributed by atoms with E-state index >= 15 is 0 Å². The van der Waals surface area contributed by atoms with Crippen molar-refractivity contribution in [1.29, 1.82) is 0 Å². The first kappa shape index (κ1) is 9.98. The standard InChI is InChI=1S/C8H12N2O2S/c1-9-8-10(2)6(5-13-8)4-7(11)12-3/h5H,4H2,1-3H3. The molecular formula is C8H12N2O2S. The van der Waals surface area contributed by atoms with E-state index < -0.39 is 0 Å². The number of hydrogen-bond acceptors (Lipinski definition) is 4. The summed E-state index contributed by atoms with van der Waals surface area (Å²) in [4.78, 5) is 15.9. The Labute approximate surface area is 80.5 Å². The number of esters is 1. The van der Waals surface area contributed by atoms with Gasteiger partial charge in [-0.15, -0.1) is 11.3 Å². The Morgan fingerprint density at radius 3 is 2.92 bits per heavy atom. The predicted molar refractivity (Wildman–Crippen MR) is 50.5 cm³/mol. The average molecular weight is 200 g/mol. The predicted octanol–water partition coefficient (Wildman–Crippen LogP) is 0.333. The maximum Gasteiger partial charge on any atom is 0.311 e. The maximum atomic E-state index is 11.0. The van der Waals surface area contributed by atoms with Gasteiger partial charge in [-0.25, -0.2) is 0 Å². The summed E-state index contributed by atoms with van der Waals surface area (Å²) in [5, 5.41) is 1.92. The summed E-state index contributed by atoms with van der Waals surface area (Å²) in [6, 6.07) is 0. The highest BCUT2D eigenvalue weighted by atomic mass is 32.1. The summed E-state index contributed by atoms with van der Waals surface area (Å²) in [6.07, 6.45) is 0.305. The van der Waals surface area contributed by atoms with Gasteiger partial charge in [-0.1, -0.05) is 0 Å². The first-order chi connectivity index (χ1) is 6.19. The van der Waals surface area contributed by atoms with E-state index in [1.54, 1.807) is 7.05 Å². The van der Waals surface area contributed by atoms with Crippen LogP contribution in [0.5, 0.6) is 0 Å². The number of nitrogens with zero attached hydrogens (tertiary/aromatic N) is 2. The second-order valence-electron chi connectivity index (χ2n) is 2.55. The first-order valence-corrected chi connectivity index (χ1v) is 4.70. The number of thiazole rings is 1. The van der Waals surface area contributed by atoms with Crippen LogP contribution in [0.1, 0.15) is 5.69 Å². The molecule has 13 heavy (non-hydrogen) atoms. The van der Waals surface area contributed by atoms with Gasteiger partial charge in [-0.05, 0) is 0 Å². The molecule has 0 N–H and O–H groups in total. The normalized spacial score (nSPS) is 11.8. The molecular weight excluding hydrogens is 188 g/mol. The molecule has 0 atom stereocenters. The largest absolute Gasteiger partial charge is 0.469 e. The molecule has 0 saturated heterocycles. The maximum absolute atomic E-state index is 11.0. The van der Waals surface area contributed by atoms with E-state index in [9.17, 15) is 4.79 Å². The Hall–Kier alpha value is -1.10. The molecule has 1 aromatic heterocycles. The lowest BCUT2D eigenvalue weighted by Crippen LogP contribution is -2.15. The van der Waals surface area contributed by atoms with Gasteiger partial charge < -0.3 is 9.30 Å². The van der Waals surface area contributed by atoms with Crippen LogP contribution in [-0.4, -0.2) is 24.7 Å². The second-order valence-corrected chi connectivity index (χ2v) is 3.38. The van der Waals surface area contributed by atoms with Crippen LogP contribution in [0.15, 0.2) is 10.4 Å². The van der Waals surface area contributed by atoms with E-state index in [0.29, 0.717) is 6.42 Å². The number of rotatable bonds is 2. The molecule has 4 nitrogen and oxygen atoms in total. The van der Waals surface area contributed by atoms with Crippen molar-refractivity contribution in [2.75, 3.05) is 14.2 Å². The van der Waals surface area contributed by atoms with Crippen LogP contribution in [0.3, 0.4) is 0 Å². The van der Waals surface area contributed by atoms with Crippen LogP contribution in [0.25, 0.3) is 0 Å². The first-order valence-electron chi connectivity index (χ1n) is 3.82. The summed E-state index contributed by atoms with van der Waals surface area (Å²) in [7, 11) is 5.00. The molecule has 0 aliphatic rings. The Kier molecular flexibility index (Phi) is 3.25. The minimum atomic E-state index is -0.226. The highest BCUT2D eigenvalue weighted by Gasteiger charge is 2.06. The topological polar surface area (TPSA) is 43.6 Å². The van der Waals surface area contributed by atoms with Gasteiger partial charge in [-0.3, -0.25) is 9.79 Å². The molecule has 0 amide bonds. The number of carbonyl (C=O) groups is 1. The number of carbonyl (C=O) groups excluding carboxylic acids is 1. The smallest absolute Gasteiger partial charge is 0.311 e. The zero-order chi connectivity index (χ0) is 9.84. The van der Waals surface area contributed by atoms with Crippen LogP contribution in [-0.2, 0) is 23.0 Å². The molecule has 1 heterocycles. The van der Waals surface area contributed by atoms with E-state index in [1.165, 1.54) is 18.4 Å². The minimum absolute atomic E-state index is 0.226. The highest BCUT2D eigenvalue weighted by Crippen LogP contribution is 2.01. The Bertz CT molecular complexity index is 364. The van der Waals surface area contributed by atoms with Gasteiger partial charge in [0, 0.05) is 25.2 Å². The molecule has 0 aromatic carbocycles. The van der Waals surface area contributed by atoms with E-state index in [1.807, 2.05) is 17.0 Å². The molecule has 5 heteroatoms. The molecule has 0 spiro atoms. The molecule has 0 fully saturated rings. The van der Waals surface area contributed by atoms with Gasteiger partial charge in [0.1, 0.15) is 0 Å². The third-order valence-electron chi connectivity index (χ3n) is 1.76. The Morgan fingerprint density at radius 1 is 1.77 bits per heavy atom. The summed E-state index contributed by atoms with van der Waals surface area (Å²) >= 11 is 1.52. The summed E-state index contributed by atoms with van der Waals surface area (Å²) in [6.45, 7) is 0. The van der Waals surface area contributed by atoms with Gasteiger partial charge in [-0.2, -0.15) is 0 Å². The molecule has 0 bridgehead atoms. The number of ether oxygens (including phenoxy) is 1. The van der Waals surface area contributed by atoms with Gasteiger partial charge in [0.05, 0.1) is 13.5 Å². The highest BCUT2D eigenvalue weighted by molar-refractivity contribution is 7.07. The third kappa shape index (κ3) is 2.18. The van der Waals surface area contributed by atoms with Crippen LogP contribution in [0, 0.1) is 0 Å². The van der Waals surface area contributed by atoms with Gasteiger partial charge in [0.15, 0.2) is 4.80 Å². The van der Waals surface area contributed by atoms with Crippen molar-refractivity contribution in [3.8, 4) is 0 Å². The molecule has 1 rings (SSSR count). The fraction of sp³-hybridized carbons (Fsp3) is 0.500. The molecule has 0 unspecified atom stereocenters. The zero-order valence-corrected chi connectivity index (χ0v) is 8.72. The van der Waals surface area contributed by atoms with E-state index in [-0.39, 0.29) is 5.97 Å². The summed E-state index contributed by atoms with van der Waals surface area (Å²) in [5.41, 5.74) is 0.928. The third-order valence-corrected chi connectivity index (χ3v) is 2.82. The number of hydrogen-bond donors (Lipinski definition) is 0. The van der Waals surface area contributed by atoms with Crippen molar-refractivity contribution >= 4 is 17.3 Å². The summed E-state index contributed by atoms with van der Waals surface area (Å²) in [5.74, 6) is -0.226. The second kappa shape index (κ2) is 4.23. The molecule has 0 aliphatic heterocycles. The SMILES string of the molecule is CN=c1scc(CC(=O)OC)n1C. The van der Waals surface area contributed by atoms with Crippen molar-refractivity contribution < 1.29 is 9.53 Å². The van der Waals surface area contributed by atoms with Gasteiger partial charge in [0.25, 0.3) is 0 Å².